The Hall–Kier alpha value is -0.790. The summed E-state index contributed by atoms with van der Waals surface area (Å²) >= 11 is 0. The second-order valence-corrected chi connectivity index (χ2v) is 9.82. The Morgan fingerprint density at radius 1 is 1.33 bits per heavy atom. The van der Waals surface area contributed by atoms with Gasteiger partial charge in [0.1, 0.15) is 5.75 Å². The van der Waals surface area contributed by atoms with Gasteiger partial charge >= 0.3 is 7.60 Å². The van der Waals surface area contributed by atoms with E-state index in [1.165, 1.54) is 0 Å². The zero-order valence-electron chi connectivity index (χ0n) is 14.0. The molecule has 0 bridgehead atoms. The fraction of sp³-hybridized carbons (Fsp3) is 0.647. The monoisotopic (exact) mass is 310 g/mol. The molecular weight excluding hydrogens is 283 g/mol. The second kappa shape index (κ2) is 5.44. The minimum Gasteiger partial charge on any atom is -0.424 e. The molecule has 0 amide bonds. The van der Waals surface area contributed by atoms with E-state index in [9.17, 15) is 4.57 Å². The van der Waals surface area contributed by atoms with Gasteiger partial charge in [0, 0.05) is 0 Å². The minimum atomic E-state index is -3.27. The Balaban J connectivity index is 2.56. The predicted molar refractivity (Wildman–Crippen MR) is 87.2 cm³/mol. The zero-order valence-corrected chi connectivity index (χ0v) is 14.9. The van der Waals surface area contributed by atoms with Crippen LogP contribution >= 0.6 is 7.60 Å². The zero-order chi connectivity index (χ0) is 15.9. The molecule has 2 unspecified atom stereocenters. The Morgan fingerprint density at radius 3 is 2.57 bits per heavy atom. The second-order valence-electron chi connectivity index (χ2n) is 7.25. The quantitative estimate of drug-likeness (QED) is 0.652. The van der Waals surface area contributed by atoms with E-state index >= 15 is 0 Å². The maximum atomic E-state index is 13.5. The molecule has 0 radical (unpaired) electrons. The van der Waals surface area contributed by atoms with Crippen LogP contribution in [0.15, 0.2) is 24.3 Å². The van der Waals surface area contributed by atoms with Crippen LogP contribution in [-0.4, -0.2) is 10.8 Å². The number of rotatable bonds is 2. The first kappa shape index (κ1) is 16.6. The van der Waals surface area contributed by atoms with Crippen molar-refractivity contribution in [1.82, 2.24) is 0 Å². The molecule has 2 atom stereocenters. The van der Waals surface area contributed by atoms with E-state index in [1.807, 2.05) is 52.8 Å². The lowest BCUT2D eigenvalue weighted by molar-refractivity contribution is 0.0678. The Labute approximate surface area is 128 Å². The van der Waals surface area contributed by atoms with Gasteiger partial charge in [0.2, 0.25) is 0 Å². The fourth-order valence-electron chi connectivity index (χ4n) is 2.77. The normalized spacial score (nSPS) is 29.0. The third-order valence-electron chi connectivity index (χ3n) is 4.44. The number of hydrogen-bond donors (Lipinski definition) is 0. The van der Waals surface area contributed by atoms with Crippen LogP contribution in [0.2, 0.25) is 0 Å². The average Bonchev–Trinajstić information content (AvgIpc) is 2.36. The summed E-state index contributed by atoms with van der Waals surface area (Å²) in [4.78, 5) is 0. The molecule has 0 aromatic heterocycles. The minimum absolute atomic E-state index is 0.301. The topological polar surface area (TPSA) is 35.5 Å². The van der Waals surface area contributed by atoms with Crippen molar-refractivity contribution < 1.29 is 13.6 Å². The van der Waals surface area contributed by atoms with Gasteiger partial charge in [-0.3, -0.25) is 4.52 Å². The van der Waals surface area contributed by atoms with E-state index in [1.54, 1.807) is 0 Å². The summed E-state index contributed by atoms with van der Waals surface area (Å²) in [5.74, 6) is 1.00. The molecule has 1 aliphatic rings. The molecule has 0 spiro atoms. The molecule has 0 N–H and O–H groups in total. The van der Waals surface area contributed by atoms with Gasteiger partial charge < -0.3 is 4.52 Å². The summed E-state index contributed by atoms with van der Waals surface area (Å²) in [5.41, 5.74) is 0.635. The van der Waals surface area contributed by atoms with Crippen molar-refractivity contribution in [3.8, 4) is 5.75 Å². The summed E-state index contributed by atoms with van der Waals surface area (Å²) in [7, 11) is -3.27. The van der Waals surface area contributed by atoms with E-state index in [4.69, 9.17) is 9.05 Å². The number of hydrogen-bond acceptors (Lipinski definition) is 3. The van der Waals surface area contributed by atoms with Crippen LogP contribution in [0.3, 0.4) is 0 Å². The predicted octanol–water partition coefficient (Wildman–Crippen LogP) is 5.75. The van der Waals surface area contributed by atoms with Gasteiger partial charge in [0.05, 0.1) is 10.8 Å². The van der Waals surface area contributed by atoms with Crippen LogP contribution in [-0.2, 0) is 9.09 Å². The standard InChI is InChI=1S/C17H27O3P/c1-7-17(5,6)21(18)19-15-11-9-8-10-14(15)13(2)12-16(3,4)20-21/h8-11,13H,7,12H2,1-6H3. The van der Waals surface area contributed by atoms with Crippen molar-refractivity contribution in [1.29, 1.82) is 0 Å². The smallest absolute Gasteiger partial charge is 0.385 e. The van der Waals surface area contributed by atoms with Gasteiger partial charge in [-0.1, -0.05) is 32.0 Å². The van der Waals surface area contributed by atoms with Gasteiger partial charge in [-0.05, 0) is 58.1 Å². The molecule has 4 heteroatoms. The van der Waals surface area contributed by atoms with Crippen LogP contribution < -0.4 is 4.52 Å². The lowest BCUT2D eigenvalue weighted by atomic mass is 9.89. The summed E-state index contributed by atoms with van der Waals surface area (Å²) in [5, 5.41) is -0.516. The van der Waals surface area contributed by atoms with E-state index in [0.717, 1.165) is 18.4 Å². The Morgan fingerprint density at radius 2 is 1.95 bits per heavy atom. The van der Waals surface area contributed by atoms with Crippen molar-refractivity contribution in [2.24, 2.45) is 0 Å². The number of benzene rings is 1. The van der Waals surface area contributed by atoms with Gasteiger partial charge in [0.15, 0.2) is 0 Å². The first-order valence-electron chi connectivity index (χ1n) is 7.70. The van der Waals surface area contributed by atoms with Gasteiger partial charge in [-0.2, -0.15) is 0 Å². The van der Waals surface area contributed by atoms with E-state index in [0.29, 0.717) is 11.7 Å². The first-order valence-corrected chi connectivity index (χ1v) is 9.24. The van der Waals surface area contributed by atoms with Gasteiger partial charge in [-0.15, -0.1) is 0 Å². The number of para-hydroxylation sites is 1. The molecule has 0 saturated carbocycles. The highest BCUT2D eigenvalue weighted by atomic mass is 31.2. The van der Waals surface area contributed by atoms with E-state index < -0.39 is 18.4 Å². The molecule has 21 heavy (non-hydrogen) atoms. The van der Waals surface area contributed by atoms with E-state index in [-0.39, 0.29) is 0 Å². The third kappa shape index (κ3) is 3.19. The highest BCUT2D eigenvalue weighted by molar-refractivity contribution is 7.56. The van der Waals surface area contributed by atoms with E-state index in [2.05, 4.69) is 13.0 Å². The van der Waals surface area contributed by atoms with Crippen molar-refractivity contribution in [3.05, 3.63) is 29.8 Å². The molecule has 0 fully saturated rings. The van der Waals surface area contributed by atoms with Crippen molar-refractivity contribution >= 4 is 7.60 Å². The summed E-state index contributed by atoms with van der Waals surface area (Å²) < 4.78 is 25.6. The molecular formula is C17H27O3P. The van der Waals surface area contributed by atoms with Crippen molar-refractivity contribution in [2.45, 2.75) is 71.1 Å². The van der Waals surface area contributed by atoms with Crippen LogP contribution in [0.25, 0.3) is 0 Å². The molecule has 3 nitrogen and oxygen atoms in total. The molecule has 0 saturated heterocycles. The maximum Gasteiger partial charge on any atom is 0.385 e. The number of fused-ring (bicyclic) bond motifs is 1. The molecule has 1 aromatic carbocycles. The largest absolute Gasteiger partial charge is 0.424 e. The van der Waals surface area contributed by atoms with Crippen LogP contribution in [0.1, 0.15) is 65.9 Å². The SMILES string of the molecule is CCC(C)(C)P1(=O)Oc2ccccc2C(C)CC(C)(C)O1. The summed E-state index contributed by atoms with van der Waals surface area (Å²) in [6, 6.07) is 7.88. The maximum absolute atomic E-state index is 13.5. The molecule has 1 heterocycles. The van der Waals surface area contributed by atoms with Crippen molar-refractivity contribution in [2.75, 3.05) is 0 Å². The molecule has 1 aliphatic heterocycles. The van der Waals surface area contributed by atoms with Gasteiger partial charge in [0.25, 0.3) is 0 Å². The third-order valence-corrected chi connectivity index (χ3v) is 7.41. The lowest BCUT2D eigenvalue weighted by Crippen LogP contribution is -2.34. The average molecular weight is 310 g/mol. The highest BCUT2D eigenvalue weighted by Crippen LogP contribution is 2.64. The molecule has 118 valence electrons. The van der Waals surface area contributed by atoms with Crippen LogP contribution in [0, 0.1) is 0 Å². The molecule has 2 rings (SSSR count). The van der Waals surface area contributed by atoms with Crippen molar-refractivity contribution in [3.63, 3.8) is 0 Å². The molecule has 1 aromatic rings. The van der Waals surface area contributed by atoms with Crippen LogP contribution in [0.4, 0.5) is 0 Å². The summed E-state index contributed by atoms with van der Waals surface area (Å²) in [6.07, 6.45) is 1.55. The summed E-state index contributed by atoms with van der Waals surface area (Å²) in [6.45, 7) is 12.1. The first-order chi connectivity index (χ1) is 9.60. The molecule has 0 aliphatic carbocycles. The fourth-order valence-corrected chi connectivity index (χ4v) is 4.84. The van der Waals surface area contributed by atoms with Crippen LogP contribution in [0.5, 0.6) is 5.75 Å². The lowest BCUT2D eigenvalue weighted by Gasteiger charge is -2.41. The highest BCUT2D eigenvalue weighted by Gasteiger charge is 2.49. The Kier molecular flexibility index (Phi) is 4.30. The van der Waals surface area contributed by atoms with Gasteiger partial charge in [-0.25, -0.2) is 4.57 Å². The Bertz CT molecular complexity index is 563.